The van der Waals surface area contributed by atoms with Crippen LogP contribution in [0.5, 0.6) is 5.75 Å². The Bertz CT molecular complexity index is 1400. The van der Waals surface area contributed by atoms with Crippen LogP contribution in [-0.2, 0) is 11.3 Å². The molecule has 3 aromatic rings. The van der Waals surface area contributed by atoms with Crippen molar-refractivity contribution in [3.05, 3.63) is 74.5 Å². The zero-order chi connectivity index (χ0) is 24.0. The van der Waals surface area contributed by atoms with Gasteiger partial charge in [-0.15, -0.1) is 0 Å². The molecule has 1 amide bonds. The lowest BCUT2D eigenvalue weighted by molar-refractivity contribution is -0.136. The van der Waals surface area contributed by atoms with E-state index in [0.29, 0.717) is 25.0 Å². The smallest absolute Gasteiger partial charge is 0.348 e. The van der Waals surface area contributed by atoms with Crippen molar-refractivity contribution in [1.29, 1.82) is 0 Å². The normalized spacial score (nSPS) is 20.6. The number of benzene rings is 1. The van der Waals surface area contributed by atoms with Crippen molar-refractivity contribution >= 4 is 23.1 Å². The number of amides is 1. The summed E-state index contributed by atoms with van der Waals surface area (Å²) in [6, 6.07) is 11.3. The Balaban J connectivity index is 1.42. The van der Waals surface area contributed by atoms with E-state index in [1.165, 1.54) is 6.21 Å². The molecule has 2 aliphatic heterocycles. The van der Waals surface area contributed by atoms with Crippen molar-refractivity contribution in [2.75, 3.05) is 13.1 Å². The minimum absolute atomic E-state index is 0.00524. The molecule has 2 aromatic heterocycles. The molecule has 0 aliphatic carbocycles. The molecule has 4 heterocycles. The molecule has 8 nitrogen and oxygen atoms in total. The summed E-state index contributed by atoms with van der Waals surface area (Å²) in [5.41, 5.74) is 0.499. The Kier molecular flexibility index (Phi) is 5.59. The van der Waals surface area contributed by atoms with Crippen LogP contribution in [0.15, 0.2) is 61.5 Å². The van der Waals surface area contributed by atoms with Crippen molar-refractivity contribution in [1.82, 2.24) is 9.47 Å². The van der Waals surface area contributed by atoms with E-state index >= 15 is 0 Å². The molecule has 2 bridgehead atoms. The molecule has 0 unspecified atom stereocenters. The number of para-hydroxylation sites is 1. The molecule has 34 heavy (non-hydrogen) atoms. The highest BCUT2D eigenvalue weighted by Gasteiger charge is 2.38. The number of aromatic nitrogens is 1. The summed E-state index contributed by atoms with van der Waals surface area (Å²) in [5, 5.41) is 11.0. The van der Waals surface area contributed by atoms with Gasteiger partial charge in [0, 0.05) is 43.5 Å². The molecule has 2 aliphatic rings. The Hall–Kier alpha value is -3.68. The van der Waals surface area contributed by atoms with E-state index in [1.54, 1.807) is 36.4 Å². The zero-order valence-corrected chi connectivity index (χ0v) is 19.2. The number of fused-ring (bicyclic) bond motifs is 5. The maximum absolute atomic E-state index is 13.5. The van der Waals surface area contributed by atoms with Gasteiger partial charge < -0.3 is 19.0 Å². The molecule has 8 heteroatoms. The second kappa shape index (κ2) is 8.59. The van der Waals surface area contributed by atoms with Crippen molar-refractivity contribution in [2.24, 2.45) is 16.8 Å². The Morgan fingerprint density at radius 2 is 1.91 bits per heavy atom. The van der Waals surface area contributed by atoms with Crippen LogP contribution < -0.4 is 11.2 Å². The number of pyridine rings is 1. The van der Waals surface area contributed by atoms with E-state index < -0.39 is 11.7 Å². The third-order valence-electron chi connectivity index (χ3n) is 6.86. The Morgan fingerprint density at radius 1 is 1.12 bits per heavy atom. The maximum atomic E-state index is 13.5. The van der Waals surface area contributed by atoms with E-state index in [4.69, 9.17) is 4.42 Å². The lowest BCUT2D eigenvalue weighted by Crippen LogP contribution is -2.52. The lowest BCUT2D eigenvalue weighted by atomic mass is 9.82. The number of hydrogen-bond acceptors (Lipinski definition) is 6. The second-order valence-corrected chi connectivity index (χ2v) is 9.56. The van der Waals surface area contributed by atoms with Crippen LogP contribution >= 0.6 is 0 Å². The van der Waals surface area contributed by atoms with E-state index in [0.717, 1.165) is 12.1 Å². The van der Waals surface area contributed by atoms with Gasteiger partial charge in [-0.1, -0.05) is 32.0 Å². The van der Waals surface area contributed by atoms with Crippen molar-refractivity contribution < 1.29 is 14.3 Å². The molecule has 1 aromatic carbocycles. The molecule has 0 spiro atoms. The molecule has 0 radical (unpaired) electrons. The first-order valence-electron chi connectivity index (χ1n) is 11.6. The number of hydrogen-bond donors (Lipinski definition) is 1. The Morgan fingerprint density at radius 3 is 2.71 bits per heavy atom. The fourth-order valence-corrected chi connectivity index (χ4v) is 5.20. The number of rotatable bonds is 4. The average molecular weight is 462 g/mol. The third-order valence-corrected chi connectivity index (χ3v) is 6.86. The summed E-state index contributed by atoms with van der Waals surface area (Å²) >= 11 is 0. The standard InChI is InChI=1S/C26H27N3O5/c1-15(2)23(27-11-19-24(31)18-6-3-4-8-21(18)34-26(19)33)25(32)28-12-16-10-17(14-28)20-7-5-9-22(30)29(20)13-16/h3-9,11,15-17,23,31H,10,12-14H2,1-2H3/t16-,17+,23+/m1/s1. The highest BCUT2D eigenvalue weighted by Crippen LogP contribution is 2.35. The van der Waals surface area contributed by atoms with Crippen molar-refractivity contribution in [3.8, 4) is 5.75 Å². The lowest BCUT2D eigenvalue weighted by Gasteiger charge is -2.43. The van der Waals surface area contributed by atoms with Crippen LogP contribution in [0.1, 0.15) is 37.4 Å². The molecule has 1 fully saturated rings. The third kappa shape index (κ3) is 3.83. The SMILES string of the molecule is CC(C)[C@H](N=Cc1c(O)c2ccccc2oc1=O)C(=O)N1C[C@H]2C[C@@H](C1)c1cccc(=O)n1C2. The van der Waals surface area contributed by atoms with Crippen LogP contribution in [0.2, 0.25) is 0 Å². The highest BCUT2D eigenvalue weighted by molar-refractivity contribution is 5.94. The number of aliphatic imine (C=N–C) groups is 1. The first kappa shape index (κ1) is 22.1. The van der Waals surface area contributed by atoms with Gasteiger partial charge in [-0.3, -0.25) is 14.6 Å². The number of carbonyl (C=O) groups excluding carboxylic acids is 1. The minimum Gasteiger partial charge on any atom is -0.506 e. The van der Waals surface area contributed by atoms with Gasteiger partial charge in [0.25, 0.3) is 5.56 Å². The summed E-state index contributed by atoms with van der Waals surface area (Å²) in [7, 11) is 0. The van der Waals surface area contributed by atoms with Gasteiger partial charge in [0.1, 0.15) is 22.9 Å². The van der Waals surface area contributed by atoms with Crippen LogP contribution in [0.3, 0.4) is 0 Å². The molecule has 3 atom stereocenters. The van der Waals surface area contributed by atoms with Gasteiger partial charge in [0.15, 0.2) is 0 Å². The van der Waals surface area contributed by atoms with Crippen LogP contribution in [0.4, 0.5) is 0 Å². The van der Waals surface area contributed by atoms with Gasteiger partial charge in [-0.2, -0.15) is 0 Å². The fourth-order valence-electron chi connectivity index (χ4n) is 5.20. The fraction of sp³-hybridized carbons (Fsp3) is 0.385. The molecule has 176 valence electrons. The van der Waals surface area contributed by atoms with E-state index in [9.17, 15) is 19.5 Å². The van der Waals surface area contributed by atoms with Gasteiger partial charge in [0.05, 0.1) is 5.39 Å². The van der Waals surface area contributed by atoms with Gasteiger partial charge in [-0.25, -0.2) is 4.79 Å². The molecular formula is C26H27N3O5. The van der Waals surface area contributed by atoms with Crippen molar-refractivity contribution in [2.45, 2.75) is 38.8 Å². The van der Waals surface area contributed by atoms with Gasteiger partial charge in [-0.05, 0) is 36.5 Å². The predicted octanol–water partition coefficient (Wildman–Crippen LogP) is 2.75. The molecular weight excluding hydrogens is 434 g/mol. The second-order valence-electron chi connectivity index (χ2n) is 9.56. The highest BCUT2D eigenvalue weighted by atomic mass is 16.4. The number of aromatic hydroxyl groups is 1. The van der Waals surface area contributed by atoms with Crippen LogP contribution in [0, 0.1) is 11.8 Å². The van der Waals surface area contributed by atoms with E-state index in [-0.39, 0.29) is 46.1 Å². The zero-order valence-electron chi connectivity index (χ0n) is 19.2. The number of piperidine rings is 1. The molecule has 1 N–H and O–H groups in total. The van der Waals surface area contributed by atoms with E-state index in [1.807, 2.05) is 29.4 Å². The average Bonchev–Trinajstić information content (AvgIpc) is 2.81. The minimum atomic E-state index is -0.706. The summed E-state index contributed by atoms with van der Waals surface area (Å²) in [5.74, 6) is -0.116. The summed E-state index contributed by atoms with van der Waals surface area (Å²) in [6.07, 6.45) is 2.21. The maximum Gasteiger partial charge on any atom is 0.348 e. The van der Waals surface area contributed by atoms with E-state index in [2.05, 4.69) is 4.99 Å². The first-order chi connectivity index (χ1) is 16.3. The van der Waals surface area contributed by atoms with Crippen molar-refractivity contribution in [3.63, 3.8) is 0 Å². The quantitative estimate of drug-likeness (QED) is 0.475. The predicted molar refractivity (Wildman–Crippen MR) is 128 cm³/mol. The summed E-state index contributed by atoms with van der Waals surface area (Å²) in [4.78, 5) is 44.5. The summed E-state index contributed by atoms with van der Waals surface area (Å²) < 4.78 is 7.14. The summed E-state index contributed by atoms with van der Waals surface area (Å²) in [6.45, 7) is 5.51. The first-order valence-corrected chi connectivity index (χ1v) is 11.6. The Labute approximate surface area is 196 Å². The topological polar surface area (TPSA) is 105 Å². The molecule has 0 saturated carbocycles. The number of carbonyl (C=O) groups is 1. The van der Waals surface area contributed by atoms with Gasteiger partial charge in [0.2, 0.25) is 5.91 Å². The largest absolute Gasteiger partial charge is 0.506 e. The van der Waals surface area contributed by atoms with Crippen LogP contribution in [-0.4, -0.2) is 45.8 Å². The molecule has 5 rings (SSSR count). The monoisotopic (exact) mass is 461 g/mol. The molecule has 1 saturated heterocycles. The van der Waals surface area contributed by atoms with Gasteiger partial charge >= 0.3 is 5.63 Å². The number of likely N-dealkylation sites (tertiary alicyclic amines) is 1. The van der Waals surface area contributed by atoms with Crippen LogP contribution in [0.25, 0.3) is 11.0 Å². The number of nitrogens with zero attached hydrogens (tertiary/aromatic N) is 3.